The van der Waals surface area contributed by atoms with Gasteiger partial charge in [-0.2, -0.15) is 5.10 Å². The fourth-order valence-electron chi connectivity index (χ4n) is 2.03. The number of nitrogens with one attached hydrogen (secondary N) is 1. The number of hydrogen-bond donors (Lipinski definition) is 1. The maximum Gasteiger partial charge on any atom is 0.277 e. The number of rotatable bonds is 6. The molecule has 0 unspecified atom stereocenters. The number of carbonyl (C=O) groups is 1. The Labute approximate surface area is 164 Å². The summed E-state index contributed by atoms with van der Waals surface area (Å²) in [6.07, 6.45) is 1.59. The summed E-state index contributed by atoms with van der Waals surface area (Å²) in [5.41, 5.74) is 5.54. The Bertz CT molecular complexity index is 751. The fourth-order valence-corrected chi connectivity index (χ4v) is 3.68. The van der Waals surface area contributed by atoms with Crippen LogP contribution in [0.25, 0.3) is 0 Å². The lowest BCUT2D eigenvalue weighted by atomic mass is 10.2. The minimum absolute atomic E-state index is 0.128. The van der Waals surface area contributed by atoms with Crippen LogP contribution in [0.1, 0.15) is 11.1 Å². The summed E-state index contributed by atoms with van der Waals surface area (Å²) >= 11 is 6.85. The summed E-state index contributed by atoms with van der Waals surface area (Å²) in [6.45, 7) is 1.85. The fraction of sp³-hybridized carbons (Fsp3) is 0.222. The van der Waals surface area contributed by atoms with Crippen molar-refractivity contribution in [3.8, 4) is 5.75 Å². The number of ether oxygens (including phenoxy) is 1. The minimum atomic E-state index is -0.333. The number of amides is 1. The van der Waals surface area contributed by atoms with Crippen LogP contribution in [0, 0.1) is 6.92 Å². The molecule has 0 aliphatic rings. The van der Waals surface area contributed by atoms with Gasteiger partial charge in [-0.15, -0.1) is 0 Å². The van der Waals surface area contributed by atoms with Crippen molar-refractivity contribution in [1.29, 1.82) is 0 Å². The summed E-state index contributed by atoms with van der Waals surface area (Å²) in [4.78, 5) is 13.9. The van der Waals surface area contributed by atoms with Gasteiger partial charge in [-0.25, -0.2) is 5.43 Å². The molecule has 0 saturated heterocycles. The van der Waals surface area contributed by atoms with Crippen molar-refractivity contribution in [1.82, 2.24) is 5.43 Å². The van der Waals surface area contributed by atoms with Crippen LogP contribution in [0.4, 0.5) is 5.69 Å². The van der Waals surface area contributed by atoms with E-state index in [4.69, 9.17) is 4.74 Å². The number of hydrogen-bond acceptors (Lipinski definition) is 4. The van der Waals surface area contributed by atoms with Crippen molar-refractivity contribution in [3.05, 3.63) is 56.5 Å². The summed E-state index contributed by atoms with van der Waals surface area (Å²) in [7, 11) is 3.96. The van der Waals surface area contributed by atoms with Crippen LogP contribution in [0.5, 0.6) is 5.75 Å². The molecule has 0 radical (unpaired) electrons. The average Bonchev–Trinajstić information content (AvgIpc) is 2.54. The number of aryl methyl sites for hydroxylation is 1. The quantitative estimate of drug-likeness (QED) is 0.512. The predicted molar refractivity (Wildman–Crippen MR) is 109 cm³/mol. The Hall–Kier alpha value is -1.86. The molecule has 1 amide bonds. The molecule has 0 aromatic heterocycles. The third-order valence-corrected chi connectivity index (χ3v) is 4.48. The highest BCUT2D eigenvalue weighted by Gasteiger charge is 2.09. The normalized spacial score (nSPS) is 10.8. The van der Waals surface area contributed by atoms with Crippen molar-refractivity contribution in [2.75, 3.05) is 25.6 Å². The highest BCUT2D eigenvalue weighted by atomic mass is 79.9. The first-order valence-electron chi connectivity index (χ1n) is 7.54. The van der Waals surface area contributed by atoms with Crippen molar-refractivity contribution >= 4 is 49.7 Å². The van der Waals surface area contributed by atoms with Gasteiger partial charge in [0.15, 0.2) is 6.61 Å². The van der Waals surface area contributed by atoms with E-state index < -0.39 is 0 Å². The van der Waals surface area contributed by atoms with Crippen molar-refractivity contribution < 1.29 is 9.53 Å². The molecule has 0 aliphatic heterocycles. The minimum Gasteiger partial charge on any atom is -0.481 e. The van der Waals surface area contributed by atoms with E-state index in [1.807, 2.05) is 62.3 Å². The van der Waals surface area contributed by atoms with E-state index in [9.17, 15) is 4.79 Å². The predicted octanol–water partition coefficient (Wildman–Crippen LogP) is 4.12. The maximum absolute atomic E-state index is 11.9. The van der Waals surface area contributed by atoms with Crippen LogP contribution in [-0.4, -0.2) is 32.8 Å². The third kappa shape index (κ3) is 5.86. The van der Waals surface area contributed by atoms with Gasteiger partial charge in [0.05, 0.1) is 15.2 Å². The van der Waals surface area contributed by atoms with Crippen LogP contribution in [0.3, 0.4) is 0 Å². The highest BCUT2D eigenvalue weighted by molar-refractivity contribution is 9.11. The lowest BCUT2D eigenvalue weighted by Crippen LogP contribution is -2.24. The standard InChI is InChI=1S/C18H19Br2N3O2/c1-12-8-15(19)18(16(20)9-12)25-11-17(24)22-21-10-13-4-6-14(7-5-13)23(2)3/h4-10H,11H2,1-3H3,(H,22,24)/b21-10+. The Balaban J connectivity index is 1.86. The molecule has 132 valence electrons. The van der Waals surface area contributed by atoms with Gasteiger partial charge < -0.3 is 9.64 Å². The zero-order valence-electron chi connectivity index (χ0n) is 14.2. The van der Waals surface area contributed by atoms with Gasteiger partial charge in [0.2, 0.25) is 0 Å². The Morgan fingerprint density at radius 3 is 2.36 bits per heavy atom. The molecular formula is C18H19Br2N3O2. The van der Waals surface area contributed by atoms with Crippen LogP contribution in [0.2, 0.25) is 0 Å². The third-order valence-electron chi connectivity index (χ3n) is 3.30. The van der Waals surface area contributed by atoms with E-state index in [2.05, 4.69) is 42.4 Å². The molecule has 0 saturated carbocycles. The molecule has 0 aliphatic carbocycles. The second-order valence-corrected chi connectivity index (χ2v) is 7.33. The maximum atomic E-state index is 11.9. The summed E-state index contributed by atoms with van der Waals surface area (Å²) in [5, 5.41) is 3.95. The van der Waals surface area contributed by atoms with E-state index in [1.54, 1.807) is 6.21 Å². The van der Waals surface area contributed by atoms with Crippen molar-refractivity contribution in [2.24, 2.45) is 5.10 Å². The van der Waals surface area contributed by atoms with Gasteiger partial charge in [0, 0.05) is 19.8 Å². The highest BCUT2D eigenvalue weighted by Crippen LogP contribution is 2.34. The summed E-state index contributed by atoms with van der Waals surface area (Å²) < 4.78 is 7.12. The summed E-state index contributed by atoms with van der Waals surface area (Å²) in [6, 6.07) is 11.7. The number of benzene rings is 2. The molecule has 2 aromatic carbocycles. The SMILES string of the molecule is Cc1cc(Br)c(OCC(=O)N/N=C/c2ccc(N(C)C)cc2)c(Br)c1. The molecular weight excluding hydrogens is 450 g/mol. The van der Waals surface area contributed by atoms with E-state index in [0.29, 0.717) is 5.75 Å². The number of carbonyl (C=O) groups excluding carboxylic acids is 1. The lowest BCUT2D eigenvalue weighted by Gasteiger charge is -2.11. The molecule has 5 nitrogen and oxygen atoms in total. The number of anilines is 1. The van der Waals surface area contributed by atoms with Crippen LogP contribution in [-0.2, 0) is 4.79 Å². The van der Waals surface area contributed by atoms with Gasteiger partial charge >= 0.3 is 0 Å². The number of hydrazone groups is 1. The van der Waals surface area contributed by atoms with Gasteiger partial charge in [0.25, 0.3) is 5.91 Å². The first kappa shape index (κ1) is 19.5. The molecule has 7 heteroatoms. The van der Waals surface area contributed by atoms with Crippen LogP contribution >= 0.6 is 31.9 Å². The molecule has 0 fully saturated rings. The van der Waals surface area contributed by atoms with Gasteiger partial charge in [-0.3, -0.25) is 4.79 Å². The van der Waals surface area contributed by atoms with Crippen molar-refractivity contribution in [3.63, 3.8) is 0 Å². The number of nitrogens with zero attached hydrogens (tertiary/aromatic N) is 2. The number of halogens is 2. The van der Waals surface area contributed by atoms with Crippen molar-refractivity contribution in [2.45, 2.75) is 6.92 Å². The second-order valence-electron chi connectivity index (χ2n) is 5.63. The topological polar surface area (TPSA) is 53.9 Å². The Morgan fingerprint density at radius 1 is 1.20 bits per heavy atom. The molecule has 1 N–H and O–H groups in total. The second kappa shape index (κ2) is 9.01. The monoisotopic (exact) mass is 467 g/mol. The van der Waals surface area contributed by atoms with E-state index >= 15 is 0 Å². The largest absolute Gasteiger partial charge is 0.481 e. The zero-order valence-corrected chi connectivity index (χ0v) is 17.4. The van der Waals surface area contributed by atoms with Crippen LogP contribution < -0.4 is 15.1 Å². The molecule has 0 spiro atoms. The smallest absolute Gasteiger partial charge is 0.277 e. The molecule has 2 aromatic rings. The first-order chi connectivity index (χ1) is 11.9. The van der Waals surface area contributed by atoms with Gasteiger partial charge in [0.1, 0.15) is 5.75 Å². The average molecular weight is 469 g/mol. The molecule has 25 heavy (non-hydrogen) atoms. The summed E-state index contributed by atoms with van der Waals surface area (Å²) in [5.74, 6) is 0.254. The zero-order chi connectivity index (χ0) is 18.4. The van der Waals surface area contributed by atoms with Crippen LogP contribution in [0.15, 0.2) is 50.4 Å². The Kier molecular flexibility index (Phi) is 7.01. The van der Waals surface area contributed by atoms with E-state index in [0.717, 1.165) is 25.8 Å². The molecule has 2 rings (SSSR count). The molecule has 0 bridgehead atoms. The molecule has 0 atom stereocenters. The van der Waals surface area contributed by atoms with E-state index in [-0.39, 0.29) is 12.5 Å². The van der Waals surface area contributed by atoms with Gasteiger partial charge in [-0.1, -0.05) is 12.1 Å². The molecule has 0 heterocycles. The van der Waals surface area contributed by atoms with Gasteiger partial charge in [-0.05, 0) is 74.2 Å². The Morgan fingerprint density at radius 2 is 1.80 bits per heavy atom. The first-order valence-corrected chi connectivity index (χ1v) is 9.13. The lowest BCUT2D eigenvalue weighted by molar-refractivity contribution is -0.123. The van der Waals surface area contributed by atoms with E-state index in [1.165, 1.54) is 0 Å².